The van der Waals surface area contributed by atoms with Crippen molar-refractivity contribution in [3.63, 3.8) is 0 Å². The summed E-state index contributed by atoms with van der Waals surface area (Å²) in [5.74, 6) is 1.22. The Morgan fingerprint density at radius 3 is 2.71 bits per heavy atom. The van der Waals surface area contributed by atoms with E-state index in [4.69, 9.17) is 5.11 Å². The molecule has 1 heterocycles. The van der Waals surface area contributed by atoms with Crippen LogP contribution >= 0.6 is 0 Å². The summed E-state index contributed by atoms with van der Waals surface area (Å²) < 4.78 is 0. The molecule has 1 aromatic heterocycles. The maximum Gasteiger partial charge on any atom is 0.126 e. The van der Waals surface area contributed by atoms with Gasteiger partial charge in [-0.1, -0.05) is 13.8 Å². The first-order valence-corrected chi connectivity index (χ1v) is 4.93. The molecule has 0 fully saturated rings. The maximum absolute atomic E-state index is 9.14. The molecule has 1 rings (SSSR count). The minimum atomic E-state index is 0.0734. The Kier molecular flexibility index (Phi) is 3.89. The third-order valence-corrected chi connectivity index (χ3v) is 2.25. The molecule has 0 radical (unpaired) electrons. The Bertz CT molecular complexity index is 286. The summed E-state index contributed by atoms with van der Waals surface area (Å²) in [5, 5.41) is 12.3. The number of hydrogen-bond donors (Lipinski definition) is 2. The lowest BCUT2D eigenvalue weighted by Crippen LogP contribution is -2.29. The van der Waals surface area contributed by atoms with E-state index in [1.165, 1.54) is 5.56 Å². The molecule has 0 aliphatic carbocycles. The fourth-order valence-corrected chi connectivity index (χ4v) is 1.23. The fourth-order valence-electron chi connectivity index (χ4n) is 1.23. The van der Waals surface area contributed by atoms with Crippen LogP contribution in [0.2, 0.25) is 0 Å². The van der Waals surface area contributed by atoms with Crippen LogP contribution in [0.5, 0.6) is 0 Å². The smallest absolute Gasteiger partial charge is 0.126 e. The molecule has 0 saturated heterocycles. The highest BCUT2D eigenvalue weighted by Crippen LogP contribution is 2.10. The summed E-state index contributed by atoms with van der Waals surface area (Å²) >= 11 is 0. The molecule has 0 saturated carbocycles. The molecule has 1 aromatic rings. The lowest BCUT2D eigenvalue weighted by molar-refractivity contribution is 0.249. The summed E-state index contributed by atoms with van der Waals surface area (Å²) in [5.41, 5.74) is 1.17. The molecule has 1 unspecified atom stereocenters. The number of aliphatic hydroxyl groups excluding tert-OH is 1. The number of aryl methyl sites for hydroxylation is 1. The van der Waals surface area contributed by atoms with Crippen LogP contribution in [0, 0.1) is 12.8 Å². The van der Waals surface area contributed by atoms with E-state index in [0.29, 0.717) is 5.92 Å². The number of nitrogens with one attached hydrogen (secondary N) is 1. The van der Waals surface area contributed by atoms with Gasteiger partial charge in [0.2, 0.25) is 0 Å². The minimum absolute atomic E-state index is 0.0734. The van der Waals surface area contributed by atoms with E-state index in [0.717, 1.165) is 5.82 Å². The molecule has 0 aliphatic heterocycles. The number of nitrogens with zero attached hydrogens (tertiary/aromatic N) is 1. The summed E-state index contributed by atoms with van der Waals surface area (Å²) in [6.07, 6.45) is 1.77. The standard InChI is InChI=1S/C11H18N2O/c1-8(2)10(7-14)13-11-6-9(3)4-5-12-11/h4-6,8,10,14H,7H2,1-3H3,(H,12,13). The van der Waals surface area contributed by atoms with Crippen molar-refractivity contribution in [2.45, 2.75) is 26.8 Å². The normalized spacial score (nSPS) is 12.9. The predicted octanol–water partition coefficient (Wildman–Crippen LogP) is 1.82. The van der Waals surface area contributed by atoms with Crippen molar-refractivity contribution in [2.75, 3.05) is 11.9 Å². The van der Waals surface area contributed by atoms with Crippen molar-refractivity contribution in [1.82, 2.24) is 4.98 Å². The van der Waals surface area contributed by atoms with E-state index in [9.17, 15) is 0 Å². The molecule has 0 spiro atoms. The van der Waals surface area contributed by atoms with Crippen LogP contribution in [-0.2, 0) is 0 Å². The van der Waals surface area contributed by atoms with Gasteiger partial charge in [0.25, 0.3) is 0 Å². The van der Waals surface area contributed by atoms with Gasteiger partial charge < -0.3 is 10.4 Å². The largest absolute Gasteiger partial charge is 0.394 e. The average molecular weight is 194 g/mol. The first-order valence-electron chi connectivity index (χ1n) is 4.93. The zero-order valence-electron chi connectivity index (χ0n) is 8.99. The highest BCUT2D eigenvalue weighted by atomic mass is 16.3. The van der Waals surface area contributed by atoms with Crippen LogP contribution in [0.1, 0.15) is 19.4 Å². The van der Waals surface area contributed by atoms with Gasteiger partial charge in [0.1, 0.15) is 5.82 Å². The quantitative estimate of drug-likeness (QED) is 0.768. The number of pyridine rings is 1. The van der Waals surface area contributed by atoms with Gasteiger partial charge in [-0.25, -0.2) is 4.98 Å². The monoisotopic (exact) mass is 194 g/mol. The minimum Gasteiger partial charge on any atom is -0.394 e. The van der Waals surface area contributed by atoms with Gasteiger partial charge in [0.15, 0.2) is 0 Å². The Morgan fingerprint density at radius 2 is 2.21 bits per heavy atom. The van der Waals surface area contributed by atoms with Gasteiger partial charge in [-0.3, -0.25) is 0 Å². The third kappa shape index (κ3) is 3.00. The van der Waals surface area contributed by atoms with E-state index >= 15 is 0 Å². The van der Waals surface area contributed by atoms with Crippen molar-refractivity contribution in [1.29, 1.82) is 0 Å². The molecule has 0 aliphatic rings. The highest BCUT2D eigenvalue weighted by Gasteiger charge is 2.11. The second kappa shape index (κ2) is 4.96. The van der Waals surface area contributed by atoms with Crippen LogP contribution in [0.4, 0.5) is 5.82 Å². The van der Waals surface area contributed by atoms with E-state index in [-0.39, 0.29) is 12.6 Å². The topological polar surface area (TPSA) is 45.2 Å². The molecule has 78 valence electrons. The second-order valence-electron chi connectivity index (χ2n) is 3.90. The van der Waals surface area contributed by atoms with Crippen molar-refractivity contribution in [2.24, 2.45) is 5.92 Å². The van der Waals surface area contributed by atoms with Crippen LogP contribution in [0.25, 0.3) is 0 Å². The van der Waals surface area contributed by atoms with Gasteiger partial charge in [-0.2, -0.15) is 0 Å². The fraction of sp³-hybridized carbons (Fsp3) is 0.545. The Labute approximate surface area is 85.2 Å². The van der Waals surface area contributed by atoms with E-state index in [1.807, 2.05) is 19.1 Å². The highest BCUT2D eigenvalue weighted by molar-refractivity contribution is 5.38. The van der Waals surface area contributed by atoms with Gasteiger partial charge in [-0.15, -0.1) is 0 Å². The molecule has 0 amide bonds. The Morgan fingerprint density at radius 1 is 1.50 bits per heavy atom. The van der Waals surface area contributed by atoms with Crippen molar-refractivity contribution >= 4 is 5.82 Å². The average Bonchev–Trinajstić information content (AvgIpc) is 2.14. The van der Waals surface area contributed by atoms with Crippen molar-refractivity contribution in [3.05, 3.63) is 23.9 Å². The van der Waals surface area contributed by atoms with Crippen LogP contribution in [-0.4, -0.2) is 22.7 Å². The van der Waals surface area contributed by atoms with E-state index in [2.05, 4.69) is 24.1 Å². The lowest BCUT2D eigenvalue weighted by Gasteiger charge is -2.20. The molecule has 0 aromatic carbocycles. The molecule has 3 heteroatoms. The number of aromatic nitrogens is 1. The number of hydrogen-bond acceptors (Lipinski definition) is 3. The lowest BCUT2D eigenvalue weighted by atomic mass is 10.1. The second-order valence-corrected chi connectivity index (χ2v) is 3.90. The van der Waals surface area contributed by atoms with Crippen LogP contribution < -0.4 is 5.32 Å². The molecule has 2 N–H and O–H groups in total. The summed E-state index contributed by atoms with van der Waals surface area (Å²) in [6, 6.07) is 4.00. The SMILES string of the molecule is Cc1ccnc(NC(CO)C(C)C)c1. The molecule has 14 heavy (non-hydrogen) atoms. The number of rotatable bonds is 4. The zero-order chi connectivity index (χ0) is 10.6. The Hall–Kier alpha value is -1.09. The predicted molar refractivity (Wildman–Crippen MR) is 58.3 cm³/mol. The van der Waals surface area contributed by atoms with Crippen LogP contribution in [0.3, 0.4) is 0 Å². The molecule has 1 atom stereocenters. The first-order chi connectivity index (χ1) is 6.63. The van der Waals surface area contributed by atoms with Gasteiger partial charge in [0.05, 0.1) is 12.6 Å². The molecule has 3 nitrogen and oxygen atoms in total. The van der Waals surface area contributed by atoms with Gasteiger partial charge in [0, 0.05) is 6.20 Å². The number of anilines is 1. The maximum atomic E-state index is 9.14. The molecular formula is C11H18N2O. The van der Waals surface area contributed by atoms with Crippen molar-refractivity contribution in [3.8, 4) is 0 Å². The van der Waals surface area contributed by atoms with E-state index < -0.39 is 0 Å². The van der Waals surface area contributed by atoms with Gasteiger partial charge in [-0.05, 0) is 30.5 Å². The zero-order valence-corrected chi connectivity index (χ0v) is 8.99. The molecular weight excluding hydrogens is 176 g/mol. The van der Waals surface area contributed by atoms with Crippen LogP contribution in [0.15, 0.2) is 18.3 Å². The number of aliphatic hydroxyl groups is 1. The summed E-state index contributed by atoms with van der Waals surface area (Å²) in [7, 11) is 0. The first kappa shape index (κ1) is 11.0. The molecule has 0 bridgehead atoms. The summed E-state index contributed by atoms with van der Waals surface area (Å²) in [6.45, 7) is 6.30. The summed E-state index contributed by atoms with van der Waals surface area (Å²) in [4.78, 5) is 4.19. The van der Waals surface area contributed by atoms with E-state index in [1.54, 1.807) is 6.20 Å². The van der Waals surface area contributed by atoms with Crippen molar-refractivity contribution < 1.29 is 5.11 Å². The van der Waals surface area contributed by atoms with Gasteiger partial charge >= 0.3 is 0 Å². The third-order valence-electron chi connectivity index (χ3n) is 2.25. The Balaban J connectivity index is 2.67.